The fourth-order valence-corrected chi connectivity index (χ4v) is 4.92. The van der Waals surface area contributed by atoms with Gasteiger partial charge in [-0.05, 0) is 51.2 Å². The van der Waals surface area contributed by atoms with Crippen molar-refractivity contribution in [2.75, 3.05) is 43.1 Å². The van der Waals surface area contributed by atoms with Crippen molar-refractivity contribution in [3.8, 4) is 17.0 Å². The van der Waals surface area contributed by atoms with Crippen LogP contribution in [0.1, 0.15) is 38.2 Å². The Bertz CT molecular complexity index is 994. The Kier molecular flexibility index (Phi) is 5.71. The topological polar surface area (TPSA) is 71.9 Å². The first kappa shape index (κ1) is 21.1. The molecule has 0 radical (unpaired) electrons. The minimum absolute atomic E-state index is 0.0894. The van der Waals surface area contributed by atoms with Crippen molar-refractivity contribution in [1.29, 1.82) is 0 Å². The van der Waals surface area contributed by atoms with Gasteiger partial charge in [0.1, 0.15) is 5.75 Å². The van der Waals surface area contributed by atoms with Gasteiger partial charge in [-0.25, -0.2) is 9.78 Å². The molecule has 32 heavy (non-hydrogen) atoms. The van der Waals surface area contributed by atoms with Gasteiger partial charge in [0.2, 0.25) is 5.95 Å². The molecule has 1 amide bonds. The summed E-state index contributed by atoms with van der Waals surface area (Å²) >= 11 is 0. The van der Waals surface area contributed by atoms with Crippen LogP contribution in [0.4, 0.5) is 16.4 Å². The molecule has 1 atom stereocenters. The van der Waals surface area contributed by atoms with Gasteiger partial charge in [0, 0.05) is 56.6 Å². The van der Waals surface area contributed by atoms with Crippen molar-refractivity contribution in [2.45, 2.75) is 51.2 Å². The van der Waals surface area contributed by atoms with Gasteiger partial charge >= 0.3 is 6.09 Å². The molecule has 2 aromatic rings. The fourth-order valence-electron chi connectivity index (χ4n) is 4.92. The Balaban J connectivity index is 1.57. The van der Waals surface area contributed by atoms with E-state index in [1.807, 2.05) is 6.07 Å². The lowest BCUT2D eigenvalue weighted by Crippen LogP contribution is -2.44. The minimum atomic E-state index is -0.320. The summed E-state index contributed by atoms with van der Waals surface area (Å²) in [5, 5.41) is 3.40. The van der Waals surface area contributed by atoms with E-state index in [1.54, 1.807) is 4.90 Å². The Morgan fingerprint density at radius 1 is 1.19 bits per heavy atom. The Hall–Kier alpha value is -2.74. The first-order chi connectivity index (χ1) is 15.6. The maximum atomic E-state index is 12.6. The molecular weight excluding hydrogens is 406 g/mol. The predicted octanol–water partition coefficient (Wildman–Crippen LogP) is 3.34. The van der Waals surface area contributed by atoms with Crippen LogP contribution in [-0.4, -0.2) is 61.1 Å². The second-order valence-electron chi connectivity index (χ2n) is 9.11. The van der Waals surface area contributed by atoms with Crippen LogP contribution in [0.3, 0.4) is 0 Å². The molecule has 3 aliphatic rings. The van der Waals surface area contributed by atoms with E-state index in [-0.39, 0.29) is 18.2 Å². The number of rotatable bonds is 4. The number of methoxy groups -OCH3 is 1. The molecule has 1 saturated heterocycles. The monoisotopic (exact) mass is 439 g/mol. The number of imidazole rings is 1. The third-order valence-corrected chi connectivity index (χ3v) is 6.98. The predicted molar refractivity (Wildman–Crippen MR) is 125 cm³/mol. The molecule has 5 rings (SSSR count). The molecule has 172 valence electrons. The standard InChI is InChI=1S/C24H33N5O3/c1-16-7-8-19-21(29(16)24(30)31-3)10-9-18(22(19)32-17-5-4-6-17)20-15-27(2)23(26-20)28-13-11-25-12-14-28/h9-10,15-17,25H,4-8,11-14H2,1-3H3/t16-/m0/s1. The van der Waals surface area contributed by atoms with E-state index in [9.17, 15) is 4.79 Å². The Morgan fingerprint density at radius 2 is 1.97 bits per heavy atom. The van der Waals surface area contributed by atoms with Gasteiger partial charge in [-0.2, -0.15) is 0 Å². The van der Waals surface area contributed by atoms with E-state index < -0.39 is 0 Å². The van der Waals surface area contributed by atoms with Crippen LogP contribution in [0.25, 0.3) is 11.3 Å². The SMILES string of the molecule is COC(=O)N1c2ccc(-c3cn(C)c(N4CCNCC4)n3)c(OC3CCC3)c2CC[C@@H]1C. The first-order valence-electron chi connectivity index (χ1n) is 11.8. The highest BCUT2D eigenvalue weighted by molar-refractivity contribution is 5.92. The zero-order valence-electron chi connectivity index (χ0n) is 19.3. The second kappa shape index (κ2) is 8.65. The van der Waals surface area contributed by atoms with Crippen LogP contribution in [0.2, 0.25) is 0 Å². The normalized spacial score (nSPS) is 21.2. The summed E-state index contributed by atoms with van der Waals surface area (Å²) in [5.74, 6) is 1.87. The van der Waals surface area contributed by atoms with Gasteiger partial charge in [0.05, 0.1) is 24.6 Å². The van der Waals surface area contributed by atoms with Crippen LogP contribution in [0, 0.1) is 0 Å². The van der Waals surface area contributed by atoms with E-state index in [0.29, 0.717) is 0 Å². The quantitative estimate of drug-likeness (QED) is 0.788. The maximum Gasteiger partial charge on any atom is 0.414 e. The summed E-state index contributed by atoms with van der Waals surface area (Å²) < 4.78 is 13.8. The number of hydrogen-bond donors (Lipinski definition) is 1. The molecular formula is C24H33N5O3. The van der Waals surface area contributed by atoms with Crippen LogP contribution in [-0.2, 0) is 18.2 Å². The number of carbonyl (C=O) groups is 1. The fraction of sp³-hybridized carbons (Fsp3) is 0.583. The highest BCUT2D eigenvalue weighted by Gasteiger charge is 2.34. The van der Waals surface area contributed by atoms with Gasteiger partial charge in [0.25, 0.3) is 0 Å². The number of hydrogen-bond acceptors (Lipinski definition) is 6. The lowest BCUT2D eigenvalue weighted by molar-refractivity contribution is 0.119. The van der Waals surface area contributed by atoms with Crippen molar-refractivity contribution in [3.05, 3.63) is 23.9 Å². The number of piperazine rings is 1. The van der Waals surface area contributed by atoms with Crippen molar-refractivity contribution in [1.82, 2.24) is 14.9 Å². The molecule has 3 heterocycles. The van der Waals surface area contributed by atoms with Crippen molar-refractivity contribution in [2.24, 2.45) is 7.05 Å². The van der Waals surface area contributed by atoms with Crippen LogP contribution < -0.4 is 19.9 Å². The summed E-state index contributed by atoms with van der Waals surface area (Å²) in [6, 6.07) is 4.18. The number of ether oxygens (including phenoxy) is 2. The highest BCUT2D eigenvalue weighted by Crippen LogP contribution is 2.44. The number of anilines is 2. The number of aryl methyl sites for hydroxylation is 1. The molecule has 0 spiro atoms. The number of amides is 1. The summed E-state index contributed by atoms with van der Waals surface area (Å²) in [4.78, 5) is 21.7. The lowest BCUT2D eigenvalue weighted by atomic mass is 9.92. The molecule has 1 aromatic carbocycles. The molecule has 1 saturated carbocycles. The Labute approximate surface area is 189 Å². The van der Waals surface area contributed by atoms with Crippen molar-refractivity contribution >= 4 is 17.7 Å². The number of fused-ring (bicyclic) bond motifs is 1. The van der Waals surface area contributed by atoms with Gasteiger partial charge < -0.3 is 24.3 Å². The molecule has 1 N–H and O–H groups in total. The molecule has 1 aliphatic carbocycles. The van der Waals surface area contributed by atoms with Gasteiger partial charge in [-0.1, -0.05) is 0 Å². The third kappa shape index (κ3) is 3.70. The molecule has 8 heteroatoms. The van der Waals surface area contributed by atoms with E-state index in [0.717, 1.165) is 86.1 Å². The minimum Gasteiger partial charge on any atom is -0.489 e. The van der Waals surface area contributed by atoms with Crippen molar-refractivity contribution < 1.29 is 14.3 Å². The largest absolute Gasteiger partial charge is 0.489 e. The van der Waals surface area contributed by atoms with Crippen LogP contribution in [0.5, 0.6) is 5.75 Å². The number of aromatic nitrogens is 2. The van der Waals surface area contributed by atoms with Crippen molar-refractivity contribution in [3.63, 3.8) is 0 Å². The van der Waals surface area contributed by atoms with Gasteiger partial charge in [0.15, 0.2) is 0 Å². The molecule has 0 bridgehead atoms. The van der Waals surface area contributed by atoms with E-state index >= 15 is 0 Å². The molecule has 0 unspecified atom stereocenters. The second-order valence-corrected chi connectivity index (χ2v) is 9.11. The number of nitrogens with zero attached hydrogens (tertiary/aromatic N) is 4. The molecule has 8 nitrogen and oxygen atoms in total. The average molecular weight is 440 g/mol. The summed E-state index contributed by atoms with van der Waals surface area (Å²) in [6.45, 7) is 5.91. The smallest absolute Gasteiger partial charge is 0.414 e. The van der Waals surface area contributed by atoms with Gasteiger partial charge in [-0.15, -0.1) is 0 Å². The number of nitrogens with one attached hydrogen (secondary N) is 1. The average Bonchev–Trinajstić information content (AvgIpc) is 3.17. The third-order valence-electron chi connectivity index (χ3n) is 6.98. The maximum absolute atomic E-state index is 12.6. The molecule has 2 fully saturated rings. The lowest BCUT2D eigenvalue weighted by Gasteiger charge is -2.36. The van der Waals surface area contributed by atoms with Gasteiger partial charge in [-0.3, -0.25) is 4.90 Å². The summed E-state index contributed by atoms with van der Waals surface area (Å²) in [6.07, 6.45) is 7.12. The Morgan fingerprint density at radius 3 is 2.66 bits per heavy atom. The van der Waals surface area contributed by atoms with Crippen LogP contribution in [0.15, 0.2) is 18.3 Å². The van der Waals surface area contributed by atoms with E-state index in [2.05, 4.69) is 41.0 Å². The highest BCUT2D eigenvalue weighted by atomic mass is 16.5. The summed E-state index contributed by atoms with van der Waals surface area (Å²) in [5.41, 5.74) is 3.91. The number of carbonyl (C=O) groups excluding carboxylic acids is 1. The number of benzene rings is 1. The van der Waals surface area contributed by atoms with E-state index in [4.69, 9.17) is 14.5 Å². The molecule has 2 aliphatic heterocycles. The zero-order chi connectivity index (χ0) is 22.2. The van der Waals surface area contributed by atoms with E-state index in [1.165, 1.54) is 13.5 Å². The zero-order valence-corrected chi connectivity index (χ0v) is 19.3. The van der Waals surface area contributed by atoms with Crippen LogP contribution >= 0.6 is 0 Å². The first-order valence-corrected chi connectivity index (χ1v) is 11.8. The molecule has 1 aromatic heterocycles. The summed E-state index contributed by atoms with van der Waals surface area (Å²) in [7, 11) is 3.49.